The van der Waals surface area contributed by atoms with E-state index in [1.54, 1.807) is 11.9 Å². The van der Waals surface area contributed by atoms with E-state index in [1.165, 1.54) is 0 Å². The second-order valence-electron chi connectivity index (χ2n) is 7.12. The maximum Gasteiger partial charge on any atom is 0.251 e. The smallest absolute Gasteiger partial charge is 0.251 e. The van der Waals surface area contributed by atoms with E-state index in [2.05, 4.69) is 15.4 Å². The van der Waals surface area contributed by atoms with Crippen molar-refractivity contribution in [1.82, 2.24) is 20.3 Å². The lowest BCUT2D eigenvalue weighted by molar-refractivity contribution is -0.130. The van der Waals surface area contributed by atoms with Crippen molar-refractivity contribution in [2.24, 2.45) is 0 Å². The quantitative estimate of drug-likeness (QED) is 0.454. The third-order valence-electron chi connectivity index (χ3n) is 4.74. The number of hydrogen-bond donors (Lipinski definition) is 0. The van der Waals surface area contributed by atoms with Crippen LogP contribution in [-0.2, 0) is 17.8 Å². The molecular formula is C22H22N4O4. The Morgan fingerprint density at radius 3 is 2.60 bits per heavy atom. The van der Waals surface area contributed by atoms with E-state index in [9.17, 15) is 4.79 Å². The topological polar surface area (TPSA) is 98.4 Å². The molecule has 8 heteroatoms. The second-order valence-corrected chi connectivity index (χ2v) is 7.12. The van der Waals surface area contributed by atoms with Gasteiger partial charge in [0.1, 0.15) is 17.2 Å². The summed E-state index contributed by atoms with van der Waals surface area (Å²) in [5.41, 5.74) is 2.49. The minimum Gasteiger partial charge on any atom is -0.466 e. The highest BCUT2D eigenvalue weighted by molar-refractivity contribution is 5.76. The summed E-state index contributed by atoms with van der Waals surface area (Å²) in [4.78, 5) is 14.1. The fourth-order valence-corrected chi connectivity index (χ4v) is 3.17. The predicted octanol–water partition coefficient (Wildman–Crippen LogP) is 4.19. The molecule has 0 aliphatic heterocycles. The Morgan fingerprint density at radius 2 is 1.87 bits per heavy atom. The van der Waals surface area contributed by atoms with Gasteiger partial charge in [0.05, 0.1) is 12.1 Å². The molecule has 0 saturated heterocycles. The van der Waals surface area contributed by atoms with Gasteiger partial charge in [-0.15, -0.1) is 10.2 Å². The number of carbonyl (C=O) groups excluding carboxylic acids is 1. The number of rotatable bonds is 7. The number of carbonyl (C=O) groups is 1. The zero-order valence-electron chi connectivity index (χ0n) is 17.1. The monoisotopic (exact) mass is 406 g/mol. The molecule has 0 atom stereocenters. The highest BCUT2D eigenvalue weighted by Crippen LogP contribution is 2.25. The molecule has 154 valence electrons. The Bertz CT molecular complexity index is 1140. The summed E-state index contributed by atoms with van der Waals surface area (Å²) < 4.78 is 16.5. The number of benzene rings is 1. The molecule has 30 heavy (non-hydrogen) atoms. The molecule has 8 nitrogen and oxygen atoms in total. The lowest BCUT2D eigenvalue weighted by Crippen LogP contribution is -2.26. The highest BCUT2D eigenvalue weighted by Gasteiger charge is 2.17. The standard InChI is InChI=1S/C22H22N4O4/c1-14-11-18(15(2)28-14)22-24-23-20(29-22)9-10-21(27)26(3)13-17-12-19(25-30-17)16-7-5-4-6-8-16/h4-8,11-12H,9-10,13H2,1-3H3. The van der Waals surface area contributed by atoms with E-state index in [0.29, 0.717) is 30.5 Å². The van der Waals surface area contributed by atoms with Crippen molar-refractivity contribution in [1.29, 1.82) is 0 Å². The van der Waals surface area contributed by atoms with E-state index in [1.807, 2.05) is 56.3 Å². The third kappa shape index (κ3) is 4.32. The Morgan fingerprint density at radius 1 is 1.07 bits per heavy atom. The number of aryl methyl sites for hydroxylation is 3. The predicted molar refractivity (Wildman–Crippen MR) is 108 cm³/mol. The van der Waals surface area contributed by atoms with E-state index < -0.39 is 0 Å². The van der Waals surface area contributed by atoms with Crippen LogP contribution in [0, 0.1) is 13.8 Å². The van der Waals surface area contributed by atoms with Crippen LogP contribution in [0.25, 0.3) is 22.7 Å². The first-order valence-electron chi connectivity index (χ1n) is 9.64. The zero-order chi connectivity index (χ0) is 21.1. The van der Waals surface area contributed by atoms with E-state index in [0.717, 1.165) is 28.3 Å². The van der Waals surface area contributed by atoms with Crippen LogP contribution in [0.3, 0.4) is 0 Å². The SMILES string of the molecule is Cc1cc(-c2nnc(CCC(=O)N(C)Cc3cc(-c4ccccc4)no3)o2)c(C)o1. The molecule has 0 fully saturated rings. The van der Waals surface area contributed by atoms with Gasteiger partial charge in [0.15, 0.2) is 5.76 Å². The first-order chi connectivity index (χ1) is 14.5. The van der Waals surface area contributed by atoms with Gasteiger partial charge in [0.25, 0.3) is 5.89 Å². The number of furan rings is 1. The summed E-state index contributed by atoms with van der Waals surface area (Å²) in [5, 5.41) is 12.2. The summed E-state index contributed by atoms with van der Waals surface area (Å²) in [6.45, 7) is 4.04. The first-order valence-corrected chi connectivity index (χ1v) is 9.64. The average Bonchev–Trinajstić information content (AvgIpc) is 3.47. The average molecular weight is 406 g/mol. The van der Waals surface area contributed by atoms with E-state index >= 15 is 0 Å². The molecule has 0 radical (unpaired) electrons. The number of amides is 1. The first kappa shape index (κ1) is 19.6. The highest BCUT2D eigenvalue weighted by atomic mass is 16.5. The van der Waals surface area contributed by atoms with Gasteiger partial charge in [-0.25, -0.2) is 0 Å². The van der Waals surface area contributed by atoms with Gasteiger partial charge in [-0.1, -0.05) is 35.5 Å². The molecule has 0 spiro atoms. The zero-order valence-corrected chi connectivity index (χ0v) is 17.1. The molecule has 0 N–H and O–H groups in total. The molecule has 4 rings (SSSR count). The summed E-state index contributed by atoms with van der Waals surface area (Å²) in [5.74, 6) is 2.88. The van der Waals surface area contributed by atoms with Gasteiger partial charge in [-0.05, 0) is 19.9 Å². The van der Waals surface area contributed by atoms with Gasteiger partial charge < -0.3 is 18.3 Å². The fraction of sp³-hybridized carbons (Fsp3) is 0.273. The Kier molecular flexibility index (Phi) is 5.47. The van der Waals surface area contributed by atoms with Crippen molar-refractivity contribution in [3.63, 3.8) is 0 Å². The van der Waals surface area contributed by atoms with Crippen LogP contribution < -0.4 is 0 Å². The molecule has 4 aromatic rings. The number of nitrogens with zero attached hydrogens (tertiary/aromatic N) is 4. The van der Waals surface area contributed by atoms with Crippen LogP contribution >= 0.6 is 0 Å². The van der Waals surface area contributed by atoms with Crippen LogP contribution in [0.5, 0.6) is 0 Å². The van der Waals surface area contributed by atoms with Crippen LogP contribution in [-0.4, -0.2) is 33.2 Å². The Labute approximate surface area is 173 Å². The lowest BCUT2D eigenvalue weighted by atomic mass is 10.1. The third-order valence-corrected chi connectivity index (χ3v) is 4.74. The summed E-state index contributed by atoms with van der Waals surface area (Å²) in [6.07, 6.45) is 0.610. The van der Waals surface area contributed by atoms with Crippen LogP contribution in [0.2, 0.25) is 0 Å². The normalized spacial score (nSPS) is 11.0. The maximum absolute atomic E-state index is 12.5. The molecule has 3 heterocycles. The van der Waals surface area contributed by atoms with Crippen LogP contribution in [0.1, 0.15) is 29.6 Å². The van der Waals surface area contributed by atoms with Gasteiger partial charge >= 0.3 is 0 Å². The second kappa shape index (κ2) is 8.36. The van der Waals surface area contributed by atoms with Crippen molar-refractivity contribution in [3.8, 4) is 22.7 Å². The minimum atomic E-state index is -0.0530. The van der Waals surface area contributed by atoms with Crippen LogP contribution in [0.4, 0.5) is 0 Å². The van der Waals surface area contributed by atoms with Crippen molar-refractivity contribution >= 4 is 5.91 Å². The molecule has 0 unspecified atom stereocenters. The van der Waals surface area contributed by atoms with Crippen molar-refractivity contribution in [3.05, 3.63) is 65.6 Å². The van der Waals surface area contributed by atoms with Crippen molar-refractivity contribution < 1.29 is 18.2 Å². The molecule has 0 saturated carbocycles. The van der Waals surface area contributed by atoms with Gasteiger partial charge in [-0.2, -0.15) is 0 Å². The molecule has 0 aliphatic carbocycles. The minimum absolute atomic E-state index is 0.0530. The van der Waals surface area contributed by atoms with Gasteiger partial charge in [-0.3, -0.25) is 4.79 Å². The molecular weight excluding hydrogens is 384 g/mol. The molecule has 1 amide bonds. The fourth-order valence-electron chi connectivity index (χ4n) is 3.17. The van der Waals surface area contributed by atoms with Gasteiger partial charge in [0, 0.05) is 31.5 Å². The van der Waals surface area contributed by atoms with E-state index in [4.69, 9.17) is 13.4 Å². The summed E-state index contributed by atoms with van der Waals surface area (Å²) in [6, 6.07) is 13.4. The molecule has 0 bridgehead atoms. The van der Waals surface area contributed by atoms with E-state index in [-0.39, 0.29) is 12.3 Å². The van der Waals surface area contributed by atoms with Crippen molar-refractivity contribution in [2.75, 3.05) is 7.05 Å². The van der Waals surface area contributed by atoms with Gasteiger partial charge in [0.2, 0.25) is 11.8 Å². The van der Waals surface area contributed by atoms with Crippen LogP contribution in [0.15, 0.2) is 55.8 Å². The number of aromatic nitrogens is 3. The Hall–Kier alpha value is -3.68. The maximum atomic E-state index is 12.5. The number of hydrogen-bond acceptors (Lipinski definition) is 7. The molecule has 3 aromatic heterocycles. The lowest BCUT2D eigenvalue weighted by Gasteiger charge is -2.14. The molecule has 0 aliphatic rings. The summed E-state index contributed by atoms with van der Waals surface area (Å²) in [7, 11) is 1.73. The Balaban J connectivity index is 1.32. The summed E-state index contributed by atoms with van der Waals surface area (Å²) >= 11 is 0. The largest absolute Gasteiger partial charge is 0.466 e. The molecule has 1 aromatic carbocycles. The van der Waals surface area contributed by atoms with Crippen molar-refractivity contribution in [2.45, 2.75) is 33.2 Å².